The Hall–Kier alpha value is -1.88. The molecule has 1 heterocycles. The van der Waals surface area contributed by atoms with Crippen molar-refractivity contribution >= 4 is 16.9 Å². The topological polar surface area (TPSA) is 56.3 Å². The number of halogens is 1. The van der Waals surface area contributed by atoms with E-state index in [9.17, 15) is 9.18 Å². The van der Waals surface area contributed by atoms with Crippen molar-refractivity contribution < 1.29 is 14.3 Å². The first-order valence-electron chi connectivity index (χ1n) is 6.73. The number of nitrogens with zero attached hydrogens (tertiary/aromatic N) is 1. The zero-order valence-corrected chi connectivity index (χ0v) is 11.7. The lowest BCUT2D eigenvalue weighted by molar-refractivity contribution is -0.139. The van der Waals surface area contributed by atoms with Gasteiger partial charge in [-0.25, -0.2) is 4.39 Å². The molecule has 2 aromatic rings. The number of aromatic amines is 1. The predicted octanol–water partition coefficient (Wildman–Crippen LogP) is 2.99. The Kier molecular flexibility index (Phi) is 4.39. The van der Waals surface area contributed by atoms with Crippen LogP contribution in [0, 0.1) is 5.82 Å². The van der Waals surface area contributed by atoms with Crippen molar-refractivity contribution in [2.24, 2.45) is 0 Å². The van der Waals surface area contributed by atoms with Crippen LogP contribution in [0.3, 0.4) is 0 Å². The van der Waals surface area contributed by atoms with Crippen molar-refractivity contribution in [1.29, 1.82) is 0 Å². The standard InChI is InChI=1S/C15H19FN2O2/c1-3-10(2)18(9-15(19)20)8-12-11-6-7-17-14(11)5-4-13(12)16/h4-7,10,17H,3,8-9H2,1-2H3,(H,19,20). The number of aromatic nitrogens is 1. The summed E-state index contributed by atoms with van der Waals surface area (Å²) in [6.45, 7) is 4.16. The second kappa shape index (κ2) is 6.05. The maximum Gasteiger partial charge on any atom is 0.317 e. The molecule has 1 aromatic carbocycles. The van der Waals surface area contributed by atoms with Crippen LogP contribution in [-0.4, -0.2) is 33.5 Å². The number of benzene rings is 1. The fourth-order valence-corrected chi connectivity index (χ4v) is 2.33. The molecule has 0 aliphatic rings. The number of aliphatic carboxylic acids is 1. The van der Waals surface area contributed by atoms with Crippen molar-refractivity contribution in [3.05, 3.63) is 35.8 Å². The molecule has 0 saturated heterocycles. The first-order valence-corrected chi connectivity index (χ1v) is 6.73. The zero-order chi connectivity index (χ0) is 14.7. The Balaban J connectivity index is 2.34. The Bertz CT molecular complexity index is 609. The summed E-state index contributed by atoms with van der Waals surface area (Å²) < 4.78 is 14.1. The number of fused-ring (bicyclic) bond motifs is 1. The highest BCUT2D eigenvalue weighted by Gasteiger charge is 2.19. The van der Waals surface area contributed by atoms with Crippen molar-refractivity contribution in [2.45, 2.75) is 32.9 Å². The molecule has 108 valence electrons. The molecular weight excluding hydrogens is 259 g/mol. The predicted molar refractivity (Wildman–Crippen MR) is 76.1 cm³/mol. The van der Waals surface area contributed by atoms with Gasteiger partial charge in [-0.15, -0.1) is 0 Å². The number of nitrogens with one attached hydrogen (secondary N) is 1. The Morgan fingerprint density at radius 3 is 2.85 bits per heavy atom. The molecule has 0 spiro atoms. The Morgan fingerprint density at radius 2 is 2.20 bits per heavy atom. The van der Waals surface area contributed by atoms with Crippen molar-refractivity contribution in [2.75, 3.05) is 6.54 Å². The molecule has 2 N–H and O–H groups in total. The van der Waals surface area contributed by atoms with Gasteiger partial charge in [-0.05, 0) is 31.5 Å². The number of hydrogen-bond acceptors (Lipinski definition) is 2. The van der Waals surface area contributed by atoms with Crippen LogP contribution < -0.4 is 0 Å². The third kappa shape index (κ3) is 2.99. The number of carboxylic acids is 1. The van der Waals surface area contributed by atoms with E-state index >= 15 is 0 Å². The lowest BCUT2D eigenvalue weighted by Gasteiger charge is -2.27. The molecule has 1 atom stereocenters. The Labute approximate surface area is 117 Å². The highest BCUT2D eigenvalue weighted by atomic mass is 19.1. The molecule has 0 aliphatic heterocycles. The van der Waals surface area contributed by atoms with Gasteiger partial charge in [0.1, 0.15) is 5.82 Å². The van der Waals surface area contributed by atoms with Crippen LogP contribution in [0.1, 0.15) is 25.8 Å². The van der Waals surface area contributed by atoms with Crippen molar-refractivity contribution in [1.82, 2.24) is 9.88 Å². The van der Waals surface area contributed by atoms with Gasteiger partial charge in [0.05, 0.1) is 6.54 Å². The lowest BCUT2D eigenvalue weighted by atomic mass is 10.1. The maximum atomic E-state index is 14.1. The van der Waals surface area contributed by atoms with Gasteiger partial charge < -0.3 is 10.1 Å². The van der Waals surface area contributed by atoms with E-state index in [4.69, 9.17) is 5.11 Å². The zero-order valence-electron chi connectivity index (χ0n) is 11.7. The van der Waals surface area contributed by atoms with Gasteiger partial charge in [-0.1, -0.05) is 6.92 Å². The molecule has 0 amide bonds. The van der Waals surface area contributed by atoms with E-state index in [-0.39, 0.29) is 18.4 Å². The molecular formula is C15H19FN2O2. The molecule has 2 rings (SSSR count). The fourth-order valence-electron chi connectivity index (χ4n) is 2.33. The van der Waals surface area contributed by atoms with E-state index in [0.717, 1.165) is 17.3 Å². The molecule has 0 aliphatic carbocycles. The van der Waals surface area contributed by atoms with Gasteiger partial charge in [-0.2, -0.15) is 0 Å². The van der Waals surface area contributed by atoms with Crippen LogP contribution in [-0.2, 0) is 11.3 Å². The second-order valence-corrected chi connectivity index (χ2v) is 5.02. The number of carbonyl (C=O) groups is 1. The van der Waals surface area contributed by atoms with Gasteiger partial charge in [0.25, 0.3) is 0 Å². The minimum absolute atomic E-state index is 0.0831. The summed E-state index contributed by atoms with van der Waals surface area (Å²) in [5.74, 6) is -1.19. The van der Waals surface area contributed by atoms with Crippen LogP contribution in [0.5, 0.6) is 0 Å². The van der Waals surface area contributed by atoms with Gasteiger partial charge >= 0.3 is 5.97 Å². The molecule has 20 heavy (non-hydrogen) atoms. The van der Waals surface area contributed by atoms with Gasteiger partial charge in [-0.3, -0.25) is 9.69 Å². The summed E-state index contributed by atoms with van der Waals surface area (Å²) in [6, 6.07) is 5.02. The van der Waals surface area contributed by atoms with E-state index in [2.05, 4.69) is 4.98 Å². The monoisotopic (exact) mass is 278 g/mol. The quantitative estimate of drug-likeness (QED) is 0.854. The van der Waals surface area contributed by atoms with E-state index in [1.165, 1.54) is 6.07 Å². The van der Waals surface area contributed by atoms with E-state index in [0.29, 0.717) is 12.1 Å². The van der Waals surface area contributed by atoms with E-state index < -0.39 is 5.97 Å². The van der Waals surface area contributed by atoms with Crippen LogP contribution in [0.25, 0.3) is 10.9 Å². The summed E-state index contributed by atoms with van der Waals surface area (Å²) in [5, 5.41) is 9.82. The smallest absolute Gasteiger partial charge is 0.317 e. The lowest BCUT2D eigenvalue weighted by Crippen LogP contribution is -2.36. The average molecular weight is 278 g/mol. The van der Waals surface area contributed by atoms with E-state index in [1.54, 1.807) is 17.2 Å². The third-order valence-corrected chi connectivity index (χ3v) is 3.70. The summed E-state index contributed by atoms with van der Waals surface area (Å²) >= 11 is 0. The van der Waals surface area contributed by atoms with Crippen LogP contribution in [0.15, 0.2) is 24.4 Å². The van der Waals surface area contributed by atoms with Crippen LogP contribution in [0.4, 0.5) is 4.39 Å². The van der Waals surface area contributed by atoms with Gasteiger partial charge in [0.15, 0.2) is 0 Å². The molecule has 4 nitrogen and oxygen atoms in total. The van der Waals surface area contributed by atoms with E-state index in [1.807, 2.05) is 19.9 Å². The summed E-state index contributed by atoms with van der Waals surface area (Å²) in [7, 11) is 0. The normalized spacial score (nSPS) is 13.0. The second-order valence-electron chi connectivity index (χ2n) is 5.02. The van der Waals surface area contributed by atoms with Crippen molar-refractivity contribution in [3.8, 4) is 0 Å². The SMILES string of the molecule is CCC(C)N(CC(=O)O)Cc1c(F)ccc2[nH]ccc12. The number of H-pyrrole nitrogens is 1. The van der Waals surface area contributed by atoms with Crippen LogP contribution in [0.2, 0.25) is 0 Å². The minimum Gasteiger partial charge on any atom is -0.480 e. The van der Waals surface area contributed by atoms with Crippen LogP contribution >= 0.6 is 0 Å². The first-order chi connectivity index (χ1) is 9.52. The largest absolute Gasteiger partial charge is 0.480 e. The minimum atomic E-state index is -0.896. The molecule has 0 saturated carbocycles. The molecule has 0 fully saturated rings. The van der Waals surface area contributed by atoms with Gasteiger partial charge in [0, 0.05) is 35.2 Å². The highest BCUT2D eigenvalue weighted by Crippen LogP contribution is 2.23. The average Bonchev–Trinajstić information content (AvgIpc) is 2.88. The summed E-state index contributed by atoms with van der Waals surface area (Å²) in [6.07, 6.45) is 2.58. The fraction of sp³-hybridized carbons (Fsp3) is 0.400. The Morgan fingerprint density at radius 1 is 1.45 bits per heavy atom. The molecule has 1 aromatic heterocycles. The molecule has 0 radical (unpaired) electrons. The number of rotatable bonds is 6. The maximum absolute atomic E-state index is 14.1. The van der Waals surface area contributed by atoms with Gasteiger partial charge in [0.2, 0.25) is 0 Å². The summed E-state index contributed by atoms with van der Waals surface area (Å²) in [4.78, 5) is 15.8. The molecule has 5 heteroatoms. The summed E-state index contributed by atoms with van der Waals surface area (Å²) in [5.41, 5.74) is 1.41. The highest BCUT2D eigenvalue weighted by molar-refractivity contribution is 5.83. The number of hydrogen-bond donors (Lipinski definition) is 2. The molecule has 0 bridgehead atoms. The third-order valence-electron chi connectivity index (χ3n) is 3.70. The number of carboxylic acid groups (broad SMARTS) is 1. The van der Waals surface area contributed by atoms with Crippen molar-refractivity contribution in [3.63, 3.8) is 0 Å². The molecule has 1 unspecified atom stereocenters. The first kappa shape index (κ1) is 14.5.